The molecule has 1 N–H and O–H groups in total. The van der Waals surface area contributed by atoms with Gasteiger partial charge in [0, 0.05) is 111 Å². The second-order valence-corrected chi connectivity index (χ2v) is 19.4. The third-order valence-electron chi connectivity index (χ3n) is 0.774. The number of hydrogen-bond acceptors (Lipinski definition) is 2. The Balaban J connectivity index is -0.0000000478. The zero-order valence-corrected chi connectivity index (χ0v) is 25.9. The molecule has 0 aromatic heterocycles. The molecule has 1 aromatic carbocycles. The molecule has 0 fully saturated rings. The zero-order chi connectivity index (χ0) is 21.4. The van der Waals surface area contributed by atoms with E-state index < -0.39 is 0 Å². The van der Waals surface area contributed by atoms with Crippen molar-refractivity contribution in [3.63, 3.8) is 0 Å². The smallest absolute Gasteiger partial charge is 0.0461 e. The minimum Gasteiger partial charge on any atom is -0.699 e. The van der Waals surface area contributed by atoms with E-state index in [1.807, 2.05) is 18.2 Å². The summed E-state index contributed by atoms with van der Waals surface area (Å²) in [5.74, 6) is 0. The van der Waals surface area contributed by atoms with E-state index in [4.69, 9.17) is 16.5 Å². The number of hydrogen-bond donors (Lipinski definition) is 0. The number of nitrogens with zero attached hydrogens (tertiary/aromatic N) is 2. The minimum atomic E-state index is 0. The molecule has 0 atom stereocenters. The second kappa shape index (κ2) is 36.7. The van der Waals surface area contributed by atoms with Crippen LogP contribution in [-0.2, 0) is 20.4 Å². The average molecular weight is 615 g/mol. The van der Waals surface area contributed by atoms with Gasteiger partial charge in [-0.15, -0.1) is 5.69 Å². The van der Waals surface area contributed by atoms with Crippen LogP contribution >= 0.6 is 31.7 Å². The van der Waals surface area contributed by atoms with Gasteiger partial charge < -0.3 is 5.73 Å². The molecule has 26 heavy (non-hydrogen) atoms. The molecule has 0 spiro atoms. The summed E-state index contributed by atoms with van der Waals surface area (Å²) in [6.45, 7) is 27.2. The van der Waals surface area contributed by atoms with E-state index in [0.29, 0.717) is 5.69 Å². The van der Waals surface area contributed by atoms with Crippen molar-refractivity contribution in [2.24, 2.45) is 0 Å². The Bertz CT molecular complexity index is 301. The van der Waals surface area contributed by atoms with Gasteiger partial charge in [-0.25, -0.2) is 0 Å². The summed E-state index contributed by atoms with van der Waals surface area (Å²) in [5, 5.41) is 12.0. The van der Waals surface area contributed by atoms with Crippen molar-refractivity contribution in [3.8, 4) is 0 Å². The van der Waals surface area contributed by atoms with Crippen LogP contribution < -0.4 is 0 Å². The summed E-state index contributed by atoms with van der Waals surface area (Å²) in [5.41, 5.74) is 7.57. The molecule has 0 aliphatic carbocycles. The molecule has 1 aromatic rings. The van der Waals surface area contributed by atoms with Crippen LogP contribution in [0.25, 0.3) is 5.73 Å². The molecule has 157 valence electrons. The number of nitrogens with one attached hydrogen (secondary N) is 1. The predicted octanol–water partition coefficient (Wildman–Crippen LogP) is 6.76. The predicted molar refractivity (Wildman–Crippen MR) is 138 cm³/mol. The van der Waals surface area contributed by atoms with Crippen LogP contribution in [0.1, 0.15) is 0 Å². The monoisotopic (exact) mass is 615 g/mol. The van der Waals surface area contributed by atoms with Gasteiger partial charge >= 0.3 is 0 Å². The Kier molecular flexibility index (Phi) is 58.2. The molecule has 1 rings (SSSR count). The zero-order valence-electron chi connectivity index (χ0n) is 19.2. The fraction of sp³-hybridized carbons (Fsp3) is 0.667. The molecule has 0 heterocycles. The van der Waals surface area contributed by atoms with Crippen molar-refractivity contribution in [2.45, 2.75) is 0 Å². The first kappa shape index (κ1) is 41.3. The summed E-state index contributed by atoms with van der Waals surface area (Å²) in [6, 6.07) is 9.10. The molecule has 0 saturated carbocycles. The first-order valence-electron chi connectivity index (χ1n) is 8.36. The number of rotatable bonds is 0. The van der Waals surface area contributed by atoms with Crippen molar-refractivity contribution in [1.29, 1.82) is 10.8 Å². The molecule has 3 nitrogen and oxygen atoms in total. The van der Waals surface area contributed by atoms with Crippen molar-refractivity contribution in [3.05, 3.63) is 36.1 Å². The Labute approximate surface area is 184 Å². The molecule has 0 unspecified atom stereocenters. The van der Waals surface area contributed by atoms with Gasteiger partial charge in [-0.2, -0.15) is 0 Å². The van der Waals surface area contributed by atoms with E-state index in [-0.39, 0.29) is 52.1 Å². The van der Waals surface area contributed by atoms with Crippen molar-refractivity contribution in [2.75, 3.05) is 80.0 Å². The summed E-state index contributed by atoms with van der Waals surface area (Å²) < 4.78 is 0. The van der Waals surface area contributed by atoms with Crippen LogP contribution in [0.5, 0.6) is 0 Å². The Hall–Kier alpha value is 0.822. The fourth-order valence-electron chi connectivity index (χ4n) is 0.438. The molecule has 0 saturated heterocycles. The van der Waals surface area contributed by atoms with E-state index in [2.05, 4.69) is 80.0 Å². The summed E-state index contributed by atoms with van der Waals surface area (Å²) in [6.07, 6.45) is 0. The largest absolute Gasteiger partial charge is 0.699 e. The van der Waals surface area contributed by atoms with Gasteiger partial charge in [0.05, 0.1) is 0 Å². The van der Waals surface area contributed by atoms with Gasteiger partial charge in [0.2, 0.25) is 0 Å². The van der Waals surface area contributed by atoms with Crippen LogP contribution in [-0.4, -0.2) is 80.0 Å². The van der Waals surface area contributed by atoms with Crippen molar-refractivity contribution in [1.82, 2.24) is 0 Å². The van der Waals surface area contributed by atoms with E-state index in [0.717, 1.165) is 0 Å². The van der Waals surface area contributed by atoms with Crippen LogP contribution in [0.3, 0.4) is 0 Å². The quantitative estimate of drug-likeness (QED) is 0.239. The van der Waals surface area contributed by atoms with Crippen LogP contribution in [0.2, 0.25) is 0 Å². The summed E-state index contributed by atoms with van der Waals surface area (Å²) in [4.78, 5) is 0. The van der Waals surface area contributed by atoms with E-state index in [1.54, 1.807) is 12.1 Å². The topological polar surface area (TPSA) is 71.4 Å². The summed E-state index contributed by atoms with van der Waals surface area (Å²) >= 11 is 0. The van der Waals surface area contributed by atoms with Gasteiger partial charge in [0.15, 0.2) is 0 Å². The standard InChI is InChI=1S/C6H6N.4C3H9P.N2.Re/c7-6-4-2-1-3-5-6;4*1-4(2)3;1-2;/h1-5,7H;4*1-3H3;;/q-1;;;;;;/p+4. The Morgan fingerprint density at radius 3 is 0.769 bits per heavy atom. The van der Waals surface area contributed by atoms with Gasteiger partial charge in [0.1, 0.15) is 0 Å². The van der Waals surface area contributed by atoms with Crippen molar-refractivity contribution < 1.29 is 20.4 Å². The molecule has 0 aliphatic heterocycles. The van der Waals surface area contributed by atoms with Crippen LogP contribution in [0, 0.1) is 10.8 Å². The molecule has 8 heteroatoms. The molecule has 1 radical (unpaired) electrons. The molecular formula is C18H46N3P4Re+3. The SMILES string of the molecule is C[PH+](C)C.C[PH+](C)C.C[PH+](C)C.C[PH+](C)C.N#N.[NH-]c1ccccc1.[Re]. The van der Waals surface area contributed by atoms with Gasteiger partial charge in [-0.1, -0.05) is 30.3 Å². The molecule has 0 bridgehead atoms. The molecular weight excluding hydrogens is 568 g/mol. The van der Waals surface area contributed by atoms with Crippen LogP contribution in [0.4, 0.5) is 5.69 Å². The number of benzene rings is 1. The first-order chi connectivity index (χ1) is 11.3. The maximum absolute atomic E-state index is 7.00. The van der Waals surface area contributed by atoms with E-state index in [1.165, 1.54) is 0 Å². The maximum Gasteiger partial charge on any atom is 0.0461 e. The Morgan fingerprint density at radius 1 is 0.538 bits per heavy atom. The normalized spacial score (nSPS) is 7.92. The third kappa shape index (κ3) is 181. The van der Waals surface area contributed by atoms with Crippen LogP contribution in [0.15, 0.2) is 30.3 Å². The maximum atomic E-state index is 7.00. The van der Waals surface area contributed by atoms with Gasteiger partial charge in [0.25, 0.3) is 0 Å². The van der Waals surface area contributed by atoms with Gasteiger partial charge in [-0.3, -0.25) is 0 Å². The van der Waals surface area contributed by atoms with Crippen molar-refractivity contribution >= 4 is 37.4 Å². The van der Waals surface area contributed by atoms with E-state index in [9.17, 15) is 0 Å². The second-order valence-electron chi connectivity index (χ2n) is 7.37. The third-order valence-corrected chi connectivity index (χ3v) is 0.774. The van der Waals surface area contributed by atoms with Gasteiger partial charge in [-0.05, 0) is 31.7 Å². The minimum absolute atomic E-state index is 0. The van der Waals surface area contributed by atoms with E-state index >= 15 is 0 Å². The first-order valence-corrected chi connectivity index (χ1v) is 20.4. The summed E-state index contributed by atoms with van der Waals surface area (Å²) in [7, 11) is 0.481. The average Bonchev–Trinajstić information content (AvgIpc) is 2.39. The fourth-order valence-corrected chi connectivity index (χ4v) is 0.438. The molecule has 0 aliphatic rings. The Morgan fingerprint density at radius 2 is 0.692 bits per heavy atom. The molecule has 0 amide bonds.